The van der Waals surface area contributed by atoms with E-state index >= 15 is 0 Å². The van der Waals surface area contributed by atoms with Gasteiger partial charge in [-0.3, -0.25) is 4.79 Å². The maximum Gasteiger partial charge on any atom is 0.159 e. The molecule has 0 aliphatic heterocycles. The average molecular weight is 204 g/mol. The van der Waals surface area contributed by atoms with Gasteiger partial charge in [0.25, 0.3) is 0 Å². The maximum atomic E-state index is 11.9. The predicted octanol–water partition coefficient (Wildman–Crippen LogP) is 3.20. The van der Waals surface area contributed by atoms with Gasteiger partial charge < -0.3 is 0 Å². The fraction of sp³-hybridized carbons (Fsp3) is 0.786. The third kappa shape index (κ3) is 1.07. The summed E-state index contributed by atoms with van der Waals surface area (Å²) in [6, 6.07) is 0. The van der Waals surface area contributed by atoms with Crippen molar-refractivity contribution in [1.82, 2.24) is 0 Å². The van der Waals surface area contributed by atoms with Gasteiger partial charge in [-0.1, -0.05) is 26.8 Å². The maximum absolute atomic E-state index is 11.9. The van der Waals surface area contributed by atoms with Gasteiger partial charge in [0.2, 0.25) is 0 Å². The molecule has 1 heteroatoms. The van der Waals surface area contributed by atoms with Crippen LogP contribution in [0.25, 0.3) is 0 Å². The van der Waals surface area contributed by atoms with Crippen LogP contribution in [0.2, 0.25) is 0 Å². The molecule has 3 aliphatic rings. The third-order valence-corrected chi connectivity index (χ3v) is 5.29. The van der Waals surface area contributed by atoms with Gasteiger partial charge in [-0.2, -0.15) is 0 Å². The van der Waals surface area contributed by atoms with Gasteiger partial charge in [0.15, 0.2) is 5.78 Å². The van der Waals surface area contributed by atoms with E-state index in [0.29, 0.717) is 34.4 Å². The summed E-state index contributed by atoms with van der Waals surface area (Å²) in [6.07, 6.45) is 7.87. The molecule has 0 aromatic heterocycles. The smallest absolute Gasteiger partial charge is 0.159 e. The molecule has 0 heterocycles. The highest BCUT2D eigenvalue weighted by atomic mass is 16.1. The minimum atomic E-state index is 0.326. The van der Waals surface area contributed by atoms with Gasteiger partial charge in [0.05, 0.1) is 0 Å². The van der Waals surface area contributed by atoms with E-state index in [4.69, 9.17) is 0 Å². The Morgan fingerprint density at radius 3 is 2.73 bits per heavy atom. The van der Waals surface area contributed by atoms with Crippen LogP contribution in [0.3, 0.4) is 0 Å². The van der Waals surface area contributed by atoms with Gasteiger partial charge in [-0.25, -0.2) is 0 Å². The molecule has 0 aromatic carbocycles. The first-order valence-corrected chi connectivity index (χ1v) is 6.16. The number of allylic oxidation sites excluding steroid dienone is 2. The zero-order chi connectivity index (χ0) is 10.8. The number of fused-ring (bicyclic) bond motifs is 3. The second-order valence-electron chi connectivity index (χ2n) is 6.78. The molecule has 3 rings (SSSR count). The Kier molecular flexibility index (Phi) is 1.64. The first-order chi connectivity index (χ1) is 6.94. The zero-order valence-corrected chi connectivity index (χ0v) is 9.92. The van der Waals surface area contributed by atoms with Crippen molar-refractivity contribution < 1.29 is 4.79 Å². The van der Waals surface area contributed by atoms with Gasteiger partial charge in [-0.15, -0.1) is 0 Å². The van der Waals surface area contributed by atoms with E-state index in [1.54, 1.807) is 0 Å². The largest absolute Gasteiger partial charge is 0.295 e. The molecule has 1 nitrogen and oxygen atoms in total. The summed E-state index contributed by atoms with van der Waals surface area (Å²) in [5, 5.41) is 0. The summed E-state index contributed by atoms with van der Waals surface area (Å²) in [6.45, 7) is 7.12. The molecule has 0 saturated heterocycles. The van der Waals surface area contributed by atoms with Crippen LogP contribution in [0, 0.1) is 28.6 Å². The van der Waals surface area contributed by atoms with Crippen molar-refractivity contribution in [2.75, 3.05) is 0 Å². The minimum Gasteiger partial charge on any atom is -0.295 e. The highest BCUT2D eigenvalue weighted by molar-refractivity contribution is 5.95. The van der Waals surface area contributed by atoms with E-state index in [-0.39, 0.29) is 0 Å². The third-order valence-electron chi connectivity index (χ3n) is 5.29. The molecule has 0 radical (unpaired) electrons. The molecule has 0 N–H and O–H groups in total. The van der Waals surface area contributed by atoms with Crippen molar-refractivity contribution in [3.8, 4) is 0 Å². The number of rotatable bonds is 0. The quantitative estimate of drug-likeness (QED) is 0.592. The van der Waals surface area contributed by atoms with E-state index in [9.17, 15) is 4.79 Å². The van der Waals surface area contributed by atoms with Crippen LogP contribution in [0.1, 0.15) is 40.0 Å². The summed E-state index contributed by atoms with van der Waals surface area (Å²) in [7, 11) is 0. The van der Waals surface area contributed by atoms with Crippen LogP contribution in [0.4, 0.5) is 0 Å². The highest BCUT2D eigenvalue weighted by Crippen LogP contribution is 2.66. The zero-order valence-electron chi connectivity index (χ0n) is 9.92. The van der Waals surface area contributed by atoms with E-state index < -0.39 is 0 Å². The Balaban J connectivity index is 2.05. The van der Waals surface area contributed by atoms with Crippen molar-refractivity contribution in [2.45, 2.75) is 40.0 Å². The monoisotopic (exact) mass is 204 g/mol. The molecule has 3 aliphatic carbocycles. The Bertz CT molecular complexity index is 352. The lowest BCUT2D eigenvalue weighted by Gasteiger charge is -2.34. The fourth-order valence-electron chi connectivity index (χ4n) is 4.82. The summed E-state index contributed by atoms with van der Waals surface area (Å²) < 4.78 is 0. The molecule has 15 heavy (non-hydrogen) atoms. The fourth-order valence-corrected chi connectivity index (χ4v) is 4.82. The lowest BCUT2D eigenvalue weighted by molar-refractivity contribution is -0.120. The first-order valence-electron chi connectivity index (χ1n) is 6.16. The van der Waals surface area contributed by atoms with Crippen LogP contribution < -0.4 is 0 Å². The standard InChI is InChI=1S/C14H20O/c1-13(2)6-7-14(3)8-9-4-5-10(15)11(9)12(13)14/h4-5,9,11-12H,6-8H2,1-3H3/t9-,11+,12-,14-/m0/s1. The molecule has 0 bridgehead atoms. The number of carbonyl (C=O) groups excluding carboxylic acids is 1. The molecule has 82 valence electrons. The highest BCUT2D eigenvalue weighted by Gasteiger charge is 2.61. The Morgan fingerprint density at radius 2 is 2.00 bits per heavy atom. The number of hydrogen-bond acceptors (Lipinski definition) is 1. The molecule has 0 amide bonds. The SMILES string of the molecule is CC1(C)CC[C@@]2(C)C[C@@H]3C=CC(=O)[C@@H]3[C@@H]12. The van der Waals surface area contributed by atoms with E-state index in [0.717, 1.165) is 0 Å². The Labute approximate surface area is 91.9 Å². The van der Waals surface area contributed by atoms with Crippen LogP contribution in [0.5, 0.6) is 0 Å². The number of carbonyl (C=O) groups is 1. The summed E-state index contributed by atoms with van der Waals surface area (Å²) in [5.41, 5.74) is 0.815. The van der Waals surface area contributed by atoms with Crippen LogP contribution in [-0.2, 0) is 4.79 Å². The van der Waals surface area contributed by atoms with Gasteiger partial charge >= 0.3 is 0 Å². The minimum absolute atomic E-state index is 0.326. The topological polar surface area (TPSA) is 17.1 Å². The van der Waals surface area contributed by atoms with Gasteiger partial charge in [0.1, 0.15) is 0 Å². The van der Waals surface area contributed by atoms with Crippen LogP contribution in [0.15, 0.2) is 12.2 Å². The molecular weight excluding hydrogens is 184 g/mol. The molecule has 0 aromatic rings. The molecule has 0 spiro atoms. The molecule has 4 atom stereocenters. The summed E-state index contributed by atoms with van der Waals surface area (Å²) >= 11 is 0. The lowest BCUT2D eigenvalue weighted by atomic mass is 9.69. The van der Waals surface area contributed by atoms with Crippen LogP contribution in [-0.4, -0.2) is 5.78 Å². The average Bonchev–Trinajstić information content (AvgIpc) is 2.67. The molecule has 2 saturated carbocycles. The second-order valence-corrected chi connectivity index (χ2v) is 6.78. The molecular formula is C14H20O. The van der Waals surface area contributed by atoms with E-state index in [2.05, 4.69) is 26.8 Å². The van der Waals surface area contributed by atoms with Crippen molar-refractivity contribution >= 4 is 5.78 Å². The lowest BCUT2D eigenvalue weighted by Crippen LogP contribution is -2.32. The van der Waals surface area contributed by atoms with Crippen molar-refractivity contribution in [1.29, 1.82) is 0 Å². The predicted molar refractivity (Wildman–Crippen MR) is 60.4 cm³/mol. The van der Waals surface area contributed by atoms with Gasteiger partial charge in [-0.05, 0) is 48.0 Å². The van der Waals surface area contributed by atoms with E-state index in [1.165, 1.54) is 19.3 Å². The van der Waals surface area contributed by atoms with Crippen molar-refractivity contribution in [2.24, 2.45) is 28.6 Å². The number of ketones is 1. The second kappa shape index (κ2) is 2.56. The Morgan fingerprint density at radius 1 is 1.27 bits per heavy atom. The summed E-state index contributed by atoms with van der Waals surface area (Å²) in [4.78, 5) is 11.9. The number of hydrogen-bond donors (Lipinski definition) is 0. The van der Waals surface area contributed by atoms with Crippen molar-refractivity contribution in [3.63, 3.8) is 0 Å². The first kappa shape index (κ1) is 9.62. The van der Waals surface area contributed by atoms with Gasteiger partial charge in [0, 0.05) is 5.92 Å². The van der Waals surface area contributed by atoms with Crippen molar-refractivity contribution in [3.05, 3.63) is 12.2 Å². The Hall–Kier alpha value is -0.590. The molecule has 2 fully saturated rings. The van der Waals surface area contributed by atoms with E-state index in [1.807, 2.05) is 6.08 Å². The summed E-state index contributed by atoms with van der Waals surface area (Å²) in [5.74, 6) is 1.92. The molecule has 0 unspecified atom stereocenters. The van der Waals surface area contributed by atoms with Crippen LogP contribution >= 0.6 is 0 Å². The normalized spacial score (nSPS) is 50.9.